The summed E-state index contributed by atoms with van der Waals surface area (Å²) in [5, 5.41) is 1.18. The summed E-state index contributed by atoms with van der Waals surface area (Å²) in [5.74, 6) is 0.506. The second-order valence-corrected chi connectivity index (χ2v) is 7.37. The maximum atomic E-state index is 13.4. The van der Waals surface area contributed by atoms with Crippen LogP contribution in [0.15, 0.2) is 36.4 Å². The fourth-order valence-electron chi connectivity index (χ4n) is 4.08. The molecule has 0 atom stereocenters. The molecule has 2 nitrogen and oxygen atoms in total. The largest absolute Gasteiger partial charge is 0.280 e. The van der Waals surface area contributed by atoms with Gasteiger partial charge in [-0.05, 0) is 43.4 Å². The first-order chi connectivity index (χ1) is 12.3. The zero-order valence-corrected chi connectivity index (χ0v) is 15.8. The minimum absolute atomic E-state index is 0.192. The highest BCUT2D eigenvalue weighted by atomic mass is 16.2. The van der Waals surface area contributed by atoms with Crippen LogP contribution in [0, 0.1) is 5.92 Å². The molecule has 1 aromatic heterocycles. The summed E-state index contributed by atoms with van der Waals surface area (Å²) < 4.78 is 2.04. The first-order valence-electron chi connectivity index (χ1n) is 10.1. The highest BCUT2D eigenvalue weighted by Gasteiger charge is 2.26. The van der Waals surface area contributed by atoms with E-state index in [4.69, 9.17) is 0 Å². The van der Waals surface area contributed by atoms with Crippen LogP contribution in [0.3, 0.4) is 0 Å². The van der Waals surface area contributed by atoms with E-state index in [-0.39, 0.29) is 5.92 Å². The third kappa shape index (κ3) is 3.89. The summed E-state index contributed by atoms with van der Waals surface area (Å²) in [4.78, 5) is 13.4. The Labute approximate surface area is 151 Å². The molecular weight excluding hydrogens is 306 g/mol. The topological polar surface area (TPSA) is 22.0 Å². The fourth-order valence-corrected chi connectivity index (χ4v) is 4.08. The highest BCUT2D eigenvalue weighted by molar-refractivity contribution is 5.98. The van der Waals surface area contributed by atoms with E-state index in [1.807, 2.05) is 10.6 Å². The van der Waals surface area contributed by atoms with Gasteiger partial charge in [-0.25, -0.2) is 0 Å². The Bertz CT molecular complexity index is 747. The van der Waals surface area contributed by atoms with Gasteiger partial charge in [0, 0.05) is 11.3 Å². The summed E-state index contributed by atoms with van der Waals surface area (Å²) in [6, 6.07) is 10.6. The van der Waals surface area contributed by atoms with Crippen LogP contribution in [0.1, 0.15) is 82.1 Å². The molecule has 0 amide bonds. The molecule has 0 bridgehead atoms. The lowest BCUT2D eigenvalue weighted by molar-refractivity contribution is 0.0806. The molecule has 0 saturated heterocycles. The number of hydrogen-bond donors (Lipinski definition) is 0. The van der Waals surface area contributed by atoms with Crippen molar-refractivity contribution in [2.45, 2.75) is 71.6 Å². The number of unbranched alkanes of at least 4 members (excludes halogenated alkanes) is 1. The van der Waals surface area contributed by atoms with Crippen molar-refractivity contribution in [3.05, 3.63) is 42.1 Å². The molecule has 0 radical (unpaired) electrons. The highest BCUT2D eigenvalue weighted by Crippen LogP contribution is 2.32. The number of hydrogen-bond acceptors (Lipinski definition) is 1. The van der Waals surface area contributed by atoms with E-state index >= 15 is 0 Å². The van der Waals surface area contributed by atoms with E-state index in [1.54, 1.807) is 0 Å². The second-order valence-electron chi connectivity index (χ2n) is 7.37. The van der Waals surface area contributed by atoms with Gasteiger partial charge in [-0.15, -0.1) is 0 Å². The first-order valence-corrected chi connectivity index (χ1v) is 10.1. The number of allylic oxidation sites excluding steroid dienone is 2. The number of carbonyl (C=O) groups is 1. The number of nitrogens with zero attached hydrogens (tertiary/aromatic N) is 1. The molecule has 1 heterocycles. The van der Waals surface area contributed by atoms with Crippen LogP contribution < -0.4 is 0 Å². The summed E-state index contributed by atoms with van der Waals surface area (Å²) in [6.45, 7) is 4.43. The molecule has 2 heteroatoms. The van der Waals surface area contributed by atoms with Crippen molar-refractivity contribution in [1.82, 2.24) is 4.57 Å². The van der Waals surface area contributed by atoms with Crippen LogP contribution in [-0.4, -0.2) is 10.5 Å². The molecule has 1 fully saturated rings. The molecule has 2 aromatic rings. The summed E-state index contributed by atoms with van der Waals surface area (Å²) >= 11 is 0. The van der Waals surface area contributed by atoms with E-state index in [2.05, 4.69) is 44.2 Å². The monoisotopic (exact) mass is 337 g/mol. The standard InChI is InChI=1S/C23H31NO/c1-3-5-12-18(11-4-2)22-17-20-15-9-10-16-21(20)24(22)23(25)19-13-7-6-8-14-19/h9-10,12,15-17,19H,3-8,11,13-14H2,1-2H3/b18-12+. The van der Waals surface area contributed by atoms with Crippen LogP contribution in [0.5, 0.6) is 0 Å². The molecule has 134 valence electrons. The molecule has 1 aliphatic carbocycles. The Morgan fingerprint density at radius 2 is 1.88 bits per heavy atom. The van der Waals surface area contributed by atoms with Crippen LogP contribution in [-0.2, 0) is 0 Å². The lowest BCUT2D eigenvalue weighted by Gasteiger charge is -2.22. The molecule has 25 heavy (non-hydrogen) atoms. The minimum Gasteiger partial charge on any atom is -0.280 e. The minimum atomic E-state index is 0.192. The lowest BCUT2D eigenvalue weighted by Crippen LogP contribution is -2.25. The number of rotatable bonds is 6. The maximum Gasteiger partial charge on any atom is 0.234 e. The summed E-state index contributed by atoms with van der Waals surface area (Å²) in [7, 11) is 0. The van der Waals surface area contributed by atoms with Gasteiger partial charge in [0.15, 0.2) is 0 Å². The molecular formula is C23H31NO. The van der Waals surface area contributed by atoms with Gasteiger partial charge in [0.05, 0.1) is 11.2 Å². The third-order valence-electron chi connectivity index (χ3n) is 5.41. The SMILES string of the molecule is CCC/C=C(\CCC)c1cc2ccccc2n1C(=O)C1CCCCC1. The molecule has 1 aliphatic rings. The Morgan fingerprint density at radius 1 is 1.12 bits per heavy atom. The van der Waals surface area contributed by atoms with Crippen LogP contribution in [0.2, 0.25) is 0 Å². The average Bonchev–Trinajstić information content (AvgIpc) is 3.04. The zero-order valence-electron chi connectivity index (χ0n) is 15.8. The average molecular weight is 338 g/mol. The van der Waals surface area contributed by atoms with Gasteiger partial charge in [-0.2, -0.15) is 0 Å². The van der Waals surface area contributed by atoms with Crippen molar-refractivity contribution < 1.29 is 4.79 Å². The number of aromatic nitrogens is 1. The normalized spacial score (nSPS) is 16.5. The fraction of sp³-hybridized carbons (Fsp3) is 0.522. The predicted molar refractivity (Wildman–Crippen MR) is 107 cm³/mol. The van der Waals surface area contributed by atoms with Crippen LogP contribution in [0.25, 0.3) is 16.5 Å². The quantitative estimate of drug-likeness (QED) is 0.565. The molecule has 0 unspecified atom stereocenters. The molecule has 3 rings (SSSR count). The summed E-state index contributed by atoms with van der Waals surface area (Å²) in [5.41, 5.74) is 3.54. The Hall–Kier alpha value is -1.83. The molecule has 0 spiro atoms. The molecule has 0 N–H and O–H groups in total. The lowest BCUT2D eigenvalue weighted by atomic mass is 9.88. The van der Waals surface area contributed by atoms with Crippen LogP contribution in [0.4, 0.5) is 0 Å². The van der Waals surface area contributed by atoms with E-state index in [0.29, 0.717) is 5.91 Å². The van der Waals surface area contributed by atoms with Crippen molar-refractivity contribution in [3.63, 3.8) is 0 Å². The van der Waals surface area contributed by atoms with Crippen molar-refractivity contribution in [2.24, 2.45) is 5.92 Å². The van der Waals surface area contributed by atoms with Gasteiger partial charge in [-0.1, -0.05) is 70.2 Å². The van der Waals surface area contributed by atoms with Gasteiger partial charge in [0.25, 0.3) is 0 Å². The Morgan fingerprint density at radius 3 is 2.60 bits per heavy atom. The van der Waals surface area contributed by atoms with Gasteiger partial charge in [-0.3, -0.25) is 9.36 Å². The predicted octanol–water partition coefficient (Wildman–Crippen LogP) is 6.85. The van der Waals surface area contributed by atoms with E-state index in [9.17, 15) is 4.79 Å². The van der Waals surface area contributed by atoms with Crippen molar-refractivity contribution >= 4 is 22.4 Å². The van der Waals surface area contributed by atoms with E-state index in [0.717, 1.165) is 49.7 Å². The summed E-state index contributed by atoms with van der Waals surface area (Å²) in [6.07, 6.45) is 12.5. The van der Waals surface area contributed by atoms with Crippen LogP contribution >= 0.6 is 0 Å². The smallest absolute Gasteiger partial charge is 0.234 e. The zero-order chi connectivity index (χ0) is 17.6. The maximum absolute atomic E-state index is 13.4. The Balaban J connectivity index is 2.09. The second kappa shape index (κ2) is 8.51. The molecule has 1 saturated carbocycles. The molecule has 0 aliphatic heterocycles. The van der Waals surface area contributed by atoms with E-state index in [1.165, 1.54) is 30.2 Å². The van der Waals surface area contributed by atoms with Gasteiger partial charge in [0.1, 0.15) is 0 Å². The number of benzene rings is 1. The van der Waals surface area contributed by atoms with Gasteiger partial charge in [0.2, 0.25) is 5.91 Å². The van der Waals surface area contributed by atoms with Gasteiger partial charge >= 0.3 is 0 Å². The van der Waals surface area contributed by atoms with Crippen molar-refractivity contribution in [1.29, 1.82) is 0 Å². The number of para-hydroxylation sites is 1. The number of carbonyl (C=O) groups excluding carboxylic acids is 1. The van der Waals surface area contributed by atoms with Gasteiger partial charge < -0.3 is 0 Å². The van der Waals surface area contributed by atoms with E-state index < -0.39 is 0 Å². The Kier molecular flexibility index (Phi) is 6.12. The first kappa shape index (κ1) is 18.0. The molecule has 1 aromatic carbocycles. The van der Waals surface area contributed by atoms with Crippen molar-refractivity contribution in [3.8, 4) is 0 Å². The number of fused-ring (bicyclic) bond motifs is 1. The third-order valence-corrected chi connectivity index (χ3v) is 5.41. The van der Waals surface area contributed by atoms with Crippen molar-refractivity contribution in [2.75, 3.05) is 0 Å².